The monoisotopic (exact) mass is 506 g/mol. The molecule has 0 aliphatic carbocycles. The SMILES string of the molecule is Fc1cccc(COc2ccc(Nc3[nH+]cnc4ccc(I)cc34)cc2Cl)c1. The molecule has 0 fully saturated rings. The van der Waals surface area contributed by atoms with Crippen LogP contribution < -0.4 is 15.0 Å². The van der Waals surface area contributed by atoms with E-state index in [9.17, 15) is 4.39 Å². The van der Waals surface area contributed by atoms with Crippen molar-refractivity contribution < 1.29 is 14.1 Å². The number of hydrogen-bond acceptors (Lipinski definition) is 3. The molecule has 28 heavy (non-hydrogen) atoms. The molecule has 0 saturated carbocycles. The zero-order chi connectivity index (χ0) is 19.5. The Bertz CT molecular complexity index is 1160. The Kier molecular flexibility index (Phi) is 5.59. The Balaban J connectivity index is 1.53. The van der Waals surface area contributed by atoms with Gasteiger partial charge in [-0.25, -0.2) is 9.37 Å². The molecule has 0 aliphatic rings. The number of H-pyrrole nitrogens is 1. The molecular formula is C21H15ClFIN3O+. The maximum Gasteiger partial charge on any atom is 0.234 e. The molecule has 4 aromatic rings. The van der Waals surface area contributed by atoms with Crippen LogP contribution in [0.1, 0.15) is 5.56 Å². The average molecular weight is 507 g/mol. The highest BCUT2D eigenvalue weighted by molar-refractivity contribution is 14.1. The van der Waals surface area contributed by atoms with Gasteiger partial charge in [0.15, 0.2) is 5.52 Å². The van der Waals surface area contributed by atoms with E-state index >= 15 is 0 Å². The lowest BCUT2D eigenvalue weighted by atomic mass is 10.2. The van der Waals surface area contributed by atoms with Crippen LogP contribution in [-0.4, -0.2) is 4.98 Å². The lowest BCUT2D eigenvalue weighted by Gasteiger charge is -2.10. The van der Waals surface area contributed by atoms with Crippen LogP contribution in [0.15, 0.2) is 67.0 Å². The molecule has 7 heteroatoms. The van der Waals surface area contributed by atoms with Gasteiger partial charge >= 0.3 is 0 Å². The first-order valence-electron chi connectivity index (χ1n) is 8.48. The van der Waals surface area contributed by atoms with E-state index in [0.29, 0.717) is 10.8 Å². The highest BCUT2D eigenvalue weighted by Gasteiger charge is 2.12. The van der Waals surface area contributed by atoms with E-state index in [-0.39, 0.29) is 12.4 Å². The maximum absolute atomic E-state index is 13.3. The third-order valence-corrected chi connectivity index (χ3v) is 5.09. The minimum atomic E-state index is -0.290. The van der Waals surface area contributed by atoms with Crippen molar-refractivity contribution in [2.24, 2.45) is 0 Å². The van der Waals surface area contributed by atoms with Crippen LogP contribution in [-0.2, 0) is 6.61 Å². The van der Waals surface area contributed by atoms with E-state index in [4.69, 9.17) is 16.3 Å². The van der Waals surface area contributed by atoms with Gasteiger partial charge in [-0.15, -0.1) is 4.98 Å². The Morgan fingerprint density at radius 2 is 2.00 bits per heavy atom. The van der Waals surface area contributed by atoms with Gasteiger partial charge in [0.05, 0.1) is 16.1 Å². The van der Waals surface area contributed by atoms with Crippen molar-refractivity contribution in [3.63, 3.8) is 0 Å². The Labute approximate surface area is 179 Å². The summed E-state index contributed by atoms with van der Waals surface area (Å²) in [5, 5.41) is 4.79. The zero-order valence-electron chi connectivity index (χ0n) is 14.5. The van der Waals surface area contributed by atoms with Crippen molar-refractivity contribution in [2.75, 3.05) is 5.32 Å². The minimum Gasteiger partial charge on any atom is -0.487 e. The van der Waals surface area contributed by atoms with Crippen LogP contribution in [0.3, 0.4) is 0 Å². The van der Waals surface area contributed by atoms with E-state index in [1.807, 2.05) is 18.2 Å². The number of aromatic nitrogens is 2. The summed E-state index contributed by atoms with van der Waals surface area (Å²) in [5.74, 6) is 1.07. The zero-order valence-corrected chi connectivity index (χ0v) is 17.5. The lowest BCUT2D eigenvalue weighted by molar-refractivity contribution is -0.363. The summed E-state index contributed by atoms with van der Waals surface area (Å²) in [6.45, 7) is 0.242. The molecule has 4 rings (SSSR count). The average Bonchev–Trinajstić information content (AvgIpc) is 2.68. The third-order valence-electron chi connectivity index (χ3n) is 4.13. The highest BCUT2D eigenvalue weighted by Crippen LogP contribution is 2.30. The Morgan fingerprint density at radius 3 is 2.82 bits per heavy atom. The van der Waals surface area contributed by atoms with E-state index in [0.717, 1.165) is 31.5 Å². The predicted molar refractivity (Wildman–Crippen MR) is 116 cm³/mol. The van der Waals surface area contributed by atoms with Crippen LogP contribution in [0.5, 0.6) is 5.75 Å². The summed E-state index contributed by atoms with van der Waals surface area (Å²) >= 11 is 8.64. The van der Waals surface area contributed by atoms with Gasteiger partial charge in [-0.05, 0) is 76.7 Å². The molecule has 1 aromatic heterocycles. The first-order valence-corrected chi connectivity index (χ1v) is 9.94. The molecule has 0 atom stereocenters. The van der Waals surface area contributed by atoms with Gasteiger partial charge in [0, 0.05) is 3.57 Å². The minimum absolute atomic E-state index is 0.242. The van der Waals surface area contributed by atoms with E-state index in [2.05, 4.69) is 43.9 Å². The number of nitrogens with zero attached hydrogens (tertiary/aromatic N) is 1. The molecule has 4 nitrogen and oxygen atoms in total. The number of halogens is 3. The third kappa shape index (κ3) is 4.34. The van der Waals surface area contributed by atoms with Crippen molar-refractivity contribution in [2.45, 2.75) is 6.61 Å². The van der Waals surface area contributed by atoms with E-state index in [1.54, 1.807) is 30.6 Å². The van der Waals surface area contributed by atoms with Crippen molar-refractivity contribution >= 4 is 56.6 Å². The number of rotatable bonds is 5. The molecule has 0 radical (unpaired) electrons. The topological polar surface area (TPSA) is 48.3 Å². The fourth-order valence-electron chi connectivity index (χ4n) is 2.80. The Morgan fingerprint density at radius 1 is 1.11 bits per heavy atom. The van der Waals surface area contributed by atoms with Gasteiger partial charge in [-0.1, -0.05) is 23.7 Å². The number of aromatic amines is 1. The summed E-state index contributed by atoms with van der Waals surface area (Å²) in [5.41, 5.74) is 2.44. The summed E-state index contributed by atoms with van der Waals surface area (Å²) in [7, 11) is 0. The molecule has 0 amide bonds. The second kappa shape index (κ2) is 8.28. The fourth-order valence-corrected chi connectivity index (χ4v) is 3.52. The largest absolute Gasteiger partial charge is 0.487 e. The van der Waals surface area contributed by atoms with Crippen molar-refractivity contribution in [3.05, 3.63) is 87.0 Å². The second-order valence-corrected chi connectivity index (χ2v) is 7.78. The molecule has 0 spiro atoms. The maximum atomic E-state index is 13.3. The smallest absolute Gasteiger partial charge is 0.234 e. The molecular weight excluding hydrogens is 492 g/mol. The fraction of sp³-hybridized carbons (Fsp3) is 0.0476. The number of benzene rings is 3. The highest BCUT2D eigenvalue weighted by atomic mass is 127. The first kappa shape index (κ1) is 18.9. The van der Waals surface area contributed by atoms with Crippen LogP contribution in [0, 0.1) is 9.39 Å². The summed E-state index contributed by atoms with van der Waals surface area (Å²) in [4.78, 5) is 7.48. The first-order chi connectivity index (χ1) is 13.6. The van der Waals surface area contributed by atoms with Crippen LogP contribution in [0.25, 0.3) is 10.9 Å². The summed E-state index contributed by atoms with van der Waals surface area (Å²) in [6, 6.07) is 17.8. The van der Waals surface area contributed by atoms with Crippen molar-refractivity contribution in [3.8, 4) is 5.75 Å². The number of nitrogens with one attached hydrogen (secondary N) is 2. The molecule has 140 valence electrons. The van der Waals surface area contributed by atoms with Gasteiger partial charge in [-0.2, -0.15) is 0 Å². The second-order valence-electron chi connectivity index (χ2n) is 6.13. The van der Waals surface area contributed by atoms with Gasteiger partial charge in [-0.3, -0.25) is 5.32 Å². The molecule has 0 saturated heterocycles. The predicted octanol–water partition coefficient (Wildman–Crippen LogP) is 5.77. The molecule has 2 N–H and O–H groups in total. The summed E-state index contributed by atoms with van der Waals surface area (Å²) < 4.78 is 20.1. The van der Waals surface area contributed by atoms with Gasteiger partial charge in [0.1, 0.15) is 18.2 Å². The van der Waals surface area contributed by atoms with Crippen molar-refractivity contribution in [1.29, 1.82) is 0 Å². The Hall–Kier alpha value is -2.45. The van der Waals surface area contributed by atoms with E-state index in [1.165, 1.54) is 12.1 Å². The number of anilines is 2. The van der Waals surface area contributed by atoms with E-state index < -0.39 is 0 Å². The van der Waals surface area contributed by atoms with Gasteiger partial charge < -0.3 is 4.74 Å². The molecule has 3 aromatic carbocycles. The van der Waals surface area contributed by atoms with Crippen LogP contribution in [0.4, 0.5) is 15.9 Å². The lowest BCUT2D eigenvalue weighted by Crippen LogP contribution is -2.11. The number of fused-ring (bicyclic) bond motifs is 1. The van der Waals surface area contributed by atoms with Gasteiger partial charge in [0.2, 0.25) is 12.1 Å². The van der Waals surface area contributed by atoms with Gasteiger partial charge in [0.25, 0.3) is 0 Å². The van der Waals surface area contributed by atoms with Crippen LogP contribution >= 0.6 is 34.2 Å². The molecule has 1 heterocycles. The normalized spacial score (nSPS) is 10.8. The number of hydrogen-bond donors (Lipinski definition) is 1. The quantitative estimate of drug-likeness (QED) is 0.350. The van der Waals surface area contributed by atoms with Crippen molar-refractivity contribution in [1.82, 2.24) is 4.98 Å². The molecule has 0 bridgehead atoms. The standard InChI is InChI=1S/C21H14ClFIN3O/c22-18-10-16(5-7-20(18)28-11-13-2-1-3-14(23)8-13)27-21-17-9-15(24)4-6-19(17)25-12-26-21/h1-10,12H,11H2,(H,25,26,27)/p+1. The van der Waals surface area contributed by atoms with Crippen LogP contribution in [0.2, 0.25) is 5.02 Å². The molecule has 0 aliphatic heterocycles. The summed E-state index contributed by atoms with van der Waals surface area (Å²) in [6.07, 6.45) is 1.65. The molecule has 0 unspecified atom stereocenters. The number of ether oxygens (including phenoxy) is 1.